The minimum Gasteiger partial charge on any atom is -0.445 e. The highest BCUT2D eigenvalue weighted by Gasteiger charge is 2.29. The SMILES string of the molecule is CC(C)(C)C(CCCCNC(=O)OCc1ccccc1)NC(=O)C(CCCCNC(=O)OCc1ccccc1)NC(=O)OCc1ccccc1. The Labute approximate surface area is 295 Å². The molecule has 4 amide bonds. The van der Waals surface area contributed by atoms with Gasteiger partial charge in [-0.3, -0.25) is 4.79 Å². The van der Waals surface area contributed by atoms with Gasteiger partial charge in [0.2, 0.25) is 5.91 Å². The van der Waals surface area contributed by atoms with Crippen LogP contribution in [0.4, 0.5) is 14.4 Å². The van der Waals surface area contributed by atoms with E-state index in [1.807, 2.05) is 91.0 Å². The highest BCUT2D eigenvalue weighted by molar-refractivity contribution is 5.85. The van der Waals surface area contributed by atoms with Gasteiger partial charge in [0.25, 0.3) is 0 Å². The lowest BCUT2D eigenvalue weighted by Gasteiger charge is -2.33. The van der Waals surface area contributed by atoms with Gasteiger partial charge < -0.3 is 35.5 Å². The van der Waals surface area contributed by atoms with Gasteiger partial charge in [0.1, 0.15) is 25.9 Å². The van der Waals surface area contributed by atoms with Crippen molar-refractivity contribution in [1.29, 1.82) is 0 Å². The van der Waals surface area contributed by atoms with Crippen LogP contribution in [0.15, 0.2) is 91.0 Å². The van der Waals surface area contributed by atoms with E-state index in [9.17, 15) is 19.2 Å². The number of amides is 4. The molecule has 0 saturated heterocycles. The van der Waals surface area contributed by atoms with Crippen molar-refractivity contribution in [1.82, 2.24) is 21.3 Å². The topological polar surface area (TPSA) is 144 Å². The van der Waals surface area contributed by atoms with Crippen molar-refractivity contribution in [3.8, 4) is 0 Å². The van der Waals surface area contributed by atoms with Crippen molar-refractivity contribution in [3.63, 3.8) is 0 Å². The van der Waals surface area contributed by atoms with Crippen LogP contribution in [0.2, 0.25) is 0 Å². The Balaban J connectivity index is 1.46. The maximum absolute atomic E-state index is 13.6. The van der Waals surface area contributed by atoms with Crippen molar-refractivity contribution < 1.29 is 33.4 Å². The summed E-state index contributed by atoms with van der Waals surface area (Å²) in [6, 6.07) is 27.2. The number of carbonyl (C=O) groups is 4. The number of ether oxygens (including phenoxy) is 3. The van der Waals surface area contributed by atoms with Crippen LogP contribution in [0, 0.1) is 5.41 Å². The number of rotatable bonds is 19. The van der Waals surface area contributed by atoms with Gasteiger partial charge in [-0.05, 0) is 60.6 Å². The van der Waals surface area contributed by atoms with Crippen molar-refractivity contribution in [2.75, 3.05) is 13.1 Å². The first kappa shape index (κ1) is 39.4. The van der Waals surface area contributed by atoms with E-state index in [0.29, 0.717) is 45.2 Å². The number of nitrogens with one attached hydrogen (secondary N) is 4. The van der Waals surface area contributed by atoms with Crippen LogP contribution in [0.25, 0.3) is 0 Å². The molecule has 3 rings (SSSR count). The van der Waals surface area contributed by atoms with Crippen LogP contribution < -0.4 is 21.3 Å². The average Bonchev–Trinajstić information content (AvgIpc) is 3.11. The van der Waals surface area contributed by atoms with Crippen molar-refractivity contribution in [3.05, 3.63) is 108 Å². The predicted octanol–water partition coefficient (Wildman–Crippen LogP) is 7.01. The van der Waals surface area contributed by atoms with Crippen LogP contribution in [0.3, 0.4) is 0 Å². The first-order valence-electron chi connectivity index (χ1n) is 17.3. The predicted molar refractivity (Wildman–Crippen MR) is 192 cm³/mol. The molecule has 0 aromatic heterocycles. The molecule has 0 aliphatic carbocycles. The first-order chi connectivity index (χ1) is 24.1. The van der Waals surface area contributed by atoms with Crippen LogP contribution in [0.5, 0.6) is 0 Å². The Kier molecular flexibility index (Phi) is 17.2. The van der Waals surface area contributed by atoms with Gasteiger partial charge in [0.15, 0.2) is 0 Å². The third-order valence-electron chi connectivity index (χ3n) is 7.99. The molecule has 50 heavy (non-hydrogen) atoms. The van der Waals surface area contributed by atoms with Gasteiger partial charge in [-0.1, -0.05) is 112 Å². The summed E-state index contributed by atoms with van der Waals surface area (Å²) in [6.07, 6.45) is 1.95. The van der Waals surface area contributed by atoms with E-state index < -0.39 is 24.3 Å². The van der Waals surface area contributed by atoms with E-state index >= 15 is 0 Å². The third-order valence-corrected chi connectivity index (χ3v) is 7.99. The summed E-state index contributed by atoms with van der Waals surface area (Å²) >= 11 is 0. The van der Waals surface area contributed by atoms with Gasteiger partial charge in [-0.15, -0.1) is 0 Å². The molecule has 3 aromatic rings. The molecule has 0 aliphatic rings. The molecule has 11 nitrogen and oxygen atoms in total. The molecule has 4 N–H and O–H groups in total. The lowest BCUT2D eigenvalue weighted by molar-refractivity contribution is -0.124. The Bertz CT molecular complexity index is 1430. The van der Waals surface area contributed by atoms with Gasteiger partial charge in [0.05, 0.1) is 0 Å². The Morgan fingerprint density at radius 2 is 0.940 bits per heavy atom. The quantitative estimate of drug-likeness (QED) is 0.0784. The lowest BCUT2D eigenvalue weighted by Crippen LogP contribution is -2.52. The average molecular weight is 689 g/mol. The third kappa shape index (κ3) is 16.4. The minimum absolute atomic E-state index is 0.0779. The molecule has 0 fully saturated rings. The molecule has 0 bridgehead atoms. The van der Waals surface area contributed by atoms with Crippen molar-refractivity contribution in [2.45, 2.75) is 91.2 Å². The molecule has 2 atom stereocenters. The molecule has 270 valence electrons. The molecule has 0 aliphatic heterocycles. The minimum atomic E-state index is -0.839. The van der Waals surface area contributed by atoms with Gasteiger partial charge in [0, 0.05) is 19.1 Å². The molecule has 0 saturated carbocycles. The van der Waals surface area contributed by atoms with E-state index in [0.717, 1.165) is 23.1 Å². The lowest BCUT2D eigenvalue weighted by atomic mass is 9.83. The van der Waals surface area contributed by atoms with E-state index in [1.165, 1.54) is 0 Å². The zero-order valence-corrected chi connectivity index (χ0v) is 29.5. The number of hydrogen-bond acceptors (Lipinski definition) is 7. The number of hydrogen-bond donors (Lipinski definition) is 4. The highest BCUT2D eigenvalue weighted by Crippen LogP contribution is 2.24. The Hall–Kier alpha value is -5.06. The van der Waals surface area contributed by atoms with E-state index in [4.69, 9.17) is 14.2 Å². The molecule has 11 heteroatoms. The summed E-state index contributed by atoms with van der Waals surface area (Å²) in [7, 11) is 0. The van der Waals surface area contributed by atoms with Crippen molar-refractivity contribution in [2.24, 2.45) is 5.41 Å². The summed E-state index contributed by atoms with van der Waals surface area (Å²) < 4.78 is 15.9. The zero-order valence-electron chi connectivity index (χ0n) is 29.5. The number of alkyl carbamates (subject to hydrolysis) is 3. The Morgan fingerprint density at radius 3 is 1.36 bits per heavy atom. The summed E-state index contributed by atoms with van der Waals surface area (Å²) in [5, 5.41) is 11.4. The maximum Gasteiger partial charge on any atom is 0.408 e. The Morgan fingerprint density at radius 1 is 0.540 bits per heavy atom. The molecule has 3 aromatic carbocycles. The van der Waals surface area contributed by atoms with Gasteiger partial charge in [-0.2, -0.15) is 0 Å². The molecule has 0 radical (unpaired) electrons. The van der Waals surface area contributed by atoms with Crippen molar-refractivity contribution >= 4 is 24.2 Å². The number of benzene rings is 3. The normalized spacial score (nSPS) is 12.1. The second-order valence-electron chi connectivity index (χ2n) is 13.2. The smallest absolute Gasteiger partial charge is 0.408 e. The molecule has 0 heterocycles. The zero-order chi connectivity index (χ0) is 36.0. The standard InChI is InChI=1S/C39H52N4O7/c1-39(2,3)34(24-14-16-26-41-37(46)49-28-31-19-9-5-10-20-31)43-35(44)33(42-38(47)50-29-32-21-11-6-12-22-32)23-13-15-25-40-36(45)48-27-30-17-7-4-8-18-30/h4-12,17-22,33-34H,13-16,23-29H2,1-3H3,(H,40,45)(H,41,46)(H,42,47)(H,43,44). The summed E-state index contributed by atoms with van der Waals surface area (Å²) in [4.78, 5) is 50.6. The molecular formula is C39H52N4O7. The van der Waals surface area contributed by atoms with Gasteiger partial charge >= 0.3 is 18.3 Å². The molecule has 2 unspecified atom stereocenters. The largest absolute Gasteiger partial charge is 0.445 e. The second kappa shape index (κ2) is 21.8. The summed E-state index contributed by atoms with van der Waals surface area (Å²) in [5.41, 5.74) is 2.38. The van der Waals surface area contributed by atoms with E-state index in [-0.39, 0.29) is 37.2 Å². The maximum atomic E-state index is 13.6. The summed E-state index contributed by atoms with van der Waals surface area (Å²) in [6.45, 7) is 7.42. The fourth-order valence-corrected chi connectivity index (χ4v) is 5.05. The molecular weight excluding hydrogens is 636 g/mol. The molecule has 0 spiro atoms. The fraction of sp³-hybridized carbons (Fsp3) is 0.436. The summed E-state index contributed by atoms with van der Waals surface area (Å²) in [5.74, 6) is -0.306. The monoisotopic (exact) mass is 688 g/mol. The number of unbranched alkanes of at least 4 members (excludes halogenated alkanes) is 2. The second-order valence-corrected chi connectivity index (χ2v) is 13.2. The first-order valence-corrected chi connectivity index (χ1v) is 17.3. The number of carbonyl (C=O) groups excluding carboxylic acids is 4. The van der Waals surface area contributed by atoms with Crippen LogP contribution in [-0.2, 0) is 38.8 Å². The highest BCUT2D eigenvalue weighted by atomic mass is 16.6. The van der Waals surface area contributed by atoms with E-state index in [1.54, 1.807) is 0 Å². The van der Waals surface area contributed by atoms with Crippen LogP contribution in [0.1, 0.15) is 76.0 Å². The van der Waals surface area contributed by atoms with Crippen LogP contribution in [-0.4, -0.2) is 49.4 Å². The van der Waals surface area contributed by atoms with Crippen LogP contribution >= 0.6 is 0 Å². The van der Waals surface area contributed by atoms with Gasteiger partial charge in [-0.25, -0.2) is 14.4 Å². The fourth-order valence-electron chi connectivity index (χ4n) is 5.05. The van der Waals surface area contributed by atoms with E-state index in [2.05, 4.69) is 42.0 Å².